The van der Waals surface area contributed by atoms with E-state index in [1.807, 2.05) is 6.07 Å². The van der Waals surface area contributed by atoms with E-state index >= 15 is 0 Å². The quantitative estimate of drug-likeness (QED) is 0.0994. The molecule has 4 saturated carbocycles. The van der Waals surface area contributed by atoms with E-state index in [4.69, 9.17) is 9.47 Å². The van der Waals surface area contributed by atoms with Gasteiger partial charge in [-0.2, -0.15) is 0 Å². The molecular formula is C49H73N3O6. The number of hydrogen-bond donors (Lipinski definition) is 2. The van der Waals surface area contributed by atoms with Crippen molar-refractivity contribution in [3.63, 3.8) is 0 Å². The molecule has 9 nitrogen and oxygen atoms in total. The van der Waals surface area contributed by atoms with E-state index in [0.717, 1.165) is 96.9 Å². The number of ketones is 1. The molecule has 8 atom stereocenters. The fraction of sp³-hybridized carbons (Fsp3) is 0.755. The van der Waals surface area contributed by atoms with Gasteiger partial charge >= 0.3 is 11.9 Å². The van der Waals surface area contributed by atoms with Crippen LogP contribution in [0.25, 0.3) is 0 Å². The number of rotatable bonds is 11. The highest BCUT2D eigenvalue weighted by atomic mass is 16.5. The minimum Gasteiger partial charge on any atom is -0.464 e. The molecular weight excluding hydrogens is 727 g/mol. The Morgan fingerprint density at radius 3 is 2.26 bits per heavy atom. The predicted octanol–water partition coefficient (Wildman–Crippen LogP) is 8.42. The number of fused-ring (bicyclic) bond motifs is 7. The summed E-state index contributed by atoms with van der Waals surface area (Å²) in [4.78, 5) is 55.3. The first-order chi connectivity index (χ1) is 27.4. The van der Waals surface area contributed by atoms with Crippen molar-refractivity contribution in [3.8, 4) is 0 Å². The number of benzene rings is 1. The van der Waals surface area contributed by atoms with Crippen LogP contribution >= 0.6 is 0 Å². The van der Waals surface area contributed by atoms with Gasteiger partial charge in [-0.15, -0.1) is 0 Å². The van der Waals surface area contributed by atoms with Crippen LogP contribution in [-0.4, -0.2) is 81.0 Å². The number of amides is 1. The first-order valence-corrected chi connectivity index (χ1v) is 22.7. The van der Waals surface area contributed by atoms with E-state index in [0.29, 0.717) is 36.0 Å². The van der Waals surface area contributed by atoms with Gasteiger partial charge in [-0.1, -0.05) is 78.3 Å². The van der Waals surface area contributed by atoms with Crippen molar-refractivity contribution in [2.75, 3.05) is 52.5 Å². The zero-order valence-electron chi connectivity index (χ0n) is 37.0. The molecule has 5 aliphatic carbocycles. The third-order valence-electron chi connectivity index (χ3n) is 17.7. The summed E-state index contributed by atoms with van der Waals surface area (Å²) in [5.41, 5.74) is 2.23. The van der Waals surface area contributed by atoms with Gasteiger partial charge in [0.25, 0.3) is 0 Å². The molecule has 1 heterocycles. The summed E-state index contributed by atoms with van der Waals surface area (Å²) in [5, 5.41) is 6.06. The Labute approximate surface area is 348 Å². The molecule has 1 aromatic carbocycles. The van der Waals surface area contributed by atoms with Gasteiger partial charge in [-0.3, -0.25) is 19.3 Å². The predicted molar refractivity (Wildman–Crippen MR) is 227 cm³/mol. The number of esters is 2. The Kier molecular flexibility index (Phi) is 12.0. The van der Waals surface area contributed by atoms with E-state index in [-0.39, 0.29) is 69.7 Å². The van der Waals surface area contributed by atoms with E-state index in [9.17, 15) is 19.2 Å². The monoisotopic (exact) mass is 800 g/mol. The largest absolute Gasteiger partial charge is 0.464 e. The molecule has 1 saturated heterocycles. The fourth-order valence-corrected chi connectivity index (χ4v) is 14.1. The Morgan fingerprint density at radius 2 is 1.53 bits per heavy atom. The van der Waals surface area contributed by atoms with Gasteiger partial charge in [-0.05, 0) is 121 Å². The van der Waals surface area contributed by atoms with Crippen molar-refractivity contribution in [2.24, 2.45) is 56.2 Å². The van der Waals surface area contributed by atoms with Gasteiger partial charge in [0.2, 0.25) is 5.91 Å². The van der Waals surface area contributed by atoms with E-state index in [1.54, 1.807) is 23.8 Å². The Morgan fingerprint density at radius 1 is 0.828 bits per heavy atom. The van der Waals surface area contributed by atoms with Crippen LogP contribution in [0.4, 0.5) is 0 Å². The molecule has 320 valence electrons. The van der Waals surface area contributed by atoms with Gasteiger partial charge in [-0.25, -0.2) is 4.79 Å². The highest BCUT2D eigenvalue weighted by molar-refractivity contribution is 6.06. The average molecular weight is 800 g/mol. The molecule has 1 unspecified atom stereocenters. The van der Waals surface area contributed by atoms with Crippen molar-refractivity contribution in [1.29, 1.82) is 0 Å². The smallest absolute Gasteiger partial charge is 0.338 e. The first kappa shape index (κ1) is 43.1. The first-order valence-electron chi connectivity index (χ1n) is 22.7. The molecule has 6 aliphatic rings. The van der Waals surface area contributed by atoms with Gasteiger partial charge in [0.05, 0.1) is 17.5 Å². The minimum absolute atomic E-state index is 0.00194. The number of hydrogen-bond acceptors (Lipinski definition) is 8. The van der Waals surface area contributed by atoms with Crippen LogP contribution in [0.5, 0.6) is 0 Å². The van der Waals surface area contributed by atoms with E-state index < -0.39 is 11.4 Å². The van der Waals surface area contributed by atoms with Crippen LogP contribution in [0.1, 0.15) is 147 Å². The average Bonchev–Trinajstić information content (AvgIpc) is 3.18. The van der Waals surface area contributed by atoms with Crippen LogP contribution in [-0.2, 0) is 19.1 Å². The maximum atomic E-state index is 14.4. The second-order valence-electron chi connectivity index (χ2n) is 21.4. The third kappa shape index (κ3) is 7.51. The molecule has 58 heavy (non-hydrogen) atoms. The number of piperazine rings is 1. The second-order valence-corrected chi connectivity index (χ2v) is 21.4. The summed E-state index contributed by atoms with van der Waals surface area (Å²) in [6.45, 7) is 24.4. The zero-order chi connectivity index (χ0) is 41.7. The zero-order valence-corrected chi connectivity index (χ0v) is 37.0. The number of carbonyl (C=O) groups is 4. The molecule has 1 aromatic rings. The van der Waals surface area contributed by atoms with Gasteiger partial charge in [0.1, 0.15) is 13.2 Å². The summed E-state index contributed by atoms with van der Waals surface area (Å²) in [6.07, 6.45) is 13.4. The highest BCUT2D eigenvalue weighted by Crippen LogP contribution is 2.76. The van der Waals surface area contributed by atoms with Crippen molar-refractivity contribution in [3.05, 3.63) is 47.0 Å². The van der Waals surface area contributed by atoms with Crippen LogP contribution < -0.4 is 10.6 Å². The lowest BCUT2D eigenvalue weighted by molar-refractivity contribution is -0.197. The van der Waals surface area contributed by atoms with Gasteiger partial charge in [0, 0.05) is 51.6 Å². The molecule has 7 rings (SSSR count). The van der Waals surface area contributed by atoms with Crippen molar-refractivity contribution in [1.82, 2.24) is 15.5 Å². The molecule has 5 fully saturated rings. The van der Waals surface area contributed by atoms with Crippen LogP contribution in [0.3, 0.4) is 0 Å². The van der Waals surface area contributed by atoms with Crippen LogP contribution in [0.2, 0.25) is 0 Å². The summed E-state index contributed by atoms with van der Waals surface area (Å²) in [7, 11) is 0. The molecule has 1 amide bonds. The maximum absolute atomic E-state index is 14.4. The van der Waals surface area contributed by atoms with E-state index in [2.05, 4.69) is 70.1 Å². The minimum atomic E-state index is -0.533. The number of nitrogens with one attached hydrogen (secondary N) is 2. The Bertz CT molecular complexity index is 1780. The van der Waals surface area contributed by atoms with E-state index in [1.165, 1.54) is 6.92 Å². The lowest BCUT2D eigenvalue weighted by Crippen LogP contribution is -2.64. The topological polar surface area (TPSA) is 114 Å². The molecule has 0 aromatic heterocycles. The molecule has 2 N–H and O–H groups in total. The number of nitrogens with zero attached hydrogens (tertiary/aromatic N) is 1. The van der Waals surface area contributed by atoms with Gasteiger partial charge in [0.15, 0.2) is 5.78 Å². The summed E-state index contributed by atoms with van der Waals surface area (Å²) >= 11 is 0. The highest BCUT2D eigenvalue weighted by Gasteiger charge is 2.69. The van der Waals surface area contributed by atoms with Crippen molar-refractivity contribution < 1.29 is 28.7 Å². The number of Topliss-reactive ketones (excluding diaryl/α,β-unsaturated/α-hetero) is 1. The van der Waals surface area contributed by atoms with Crippen molar-refractivity contribution >= 4 is 23.6 Å². The fourth-order valence-electron chi connectivity index (χ4n) is 14.1. The molecule has 0 bridgehead atoms. The molecule has 1 aliphatic heterocycles. The number of ether oxygens (including phenoxy) is 2. The summed E-state index contributed by atoms with van der Waals surface area (Å²) < 4.78 is 11.7. The second kappa shape index (κ2) is 16.1. The summed E-state index contributed by atoms with van der Waals surface area (Å²) in [6, 6.07) is 7.01. The maximum Gasteiger partial charge on any atom is 0.338 e. The SMILES string of the molecule is CC(=O)NCCOC(=O)c1ccccc1C(=O)C[C@H]1CC[C@@]2(C)C(CC[C@]3(C)[C@@H]2CC=C2[C@@H]4CC(C)(C)CC[C@]4(C(=O)OCCN4CCNCC4)CC[C@]23C)C1(C)C. The standard InChI is InChI=1S/C49H73N3O6/c1-33(53)51-25-29-57-42(55)36-12-10-9-11-35(36)39(54)31-34-15-17-46(6)40(45(34,4)5)16-18-48(8)41(46)14-13-37-38-32-44(2,3)19-21-49(38,22-20-47(37,48)7)43(56)58-30-28-52-26-23-50-24-27-52/h9-13,34,38,40-41,50H,14-32H2,1-8H3,(H,51,53)/t34-,38+,40?,41-,46+,47-,48-,49+/m1/s1. The van der Waals surface area contributed by atoms with Gasteiger partial charge < -0.3 is 20.1 Å². The molecule has 0 spiro atoms. The Hall–Kier alpha value is -3.04. The number of allylic oxidation sites excluding steroid dienone is 2. The molecule has 9 heteroatoms. The normalized spacial score (nSPS) is 36.4. The lowest BCUT2D eigenvalue weighted by Gasteiger charge is -2.71. The summed E-state index contributed by atoms with van der Waals surface area (Å²) in [5.74, 6) is 0.760. The lowest BCUT2D eigenvalue weighted by atomic mass is 9.33. The molecule has 0 radical (unpaired) electrons. The number of carbonyl (C=O) groups excluding carboxylic acids is 4. The van der Waals surface area contributed by atoms with Crippen molar-refractivity contribution in [2.45, 2.75) is 126 Å². The van der Waals surface area contributed by atoms with Crippen LogP contribution in [0, 0.1) is 56.2 Å². The van der Waals surface area contributed by atoms with Crippen LogP contribution in [0.15, 0.2) is 35.9 Å². The third-order valence-corrected chi connectivity index (χ3v) is 17.7. The Balaban J connectivity index is 1.09.